The lowest BCUT2D eigenvalue weighted by atomic mass is 10.2. The van der Waals surface area contributed by atoms with Gasteiger partial charge in [0, 0.05) is 24.8 Å². The second-order valence-electron chi connectivity index (χ2n) is 4.93. The number of aromatic hydroxyl groups is 1. The molecule has 1 aromatic heterocycles. The number of rotatable bonds is 3. The van der Waals surface area contributed by atoms with E-state index in [9.17, 15) is 5.11 Å². The van der Waals surface area contributed by atoms with E-state index in [-0.39, 0.29) is 5.75 Å². The molecule has 1 saturated heterocycles. The molecule has 0 amide bonds. The molecule has 0 saturated carbocycles. The first-order valence-electron chi connectivity index (χ1n) is 7.06. The topological polar surface area (TPSA) is 52.0 Å². The monoisotopic (exact) mass is 282 g/mol. The predicted molar refractivity (Wildman–Crippen MR) is 83.7 cm³/mol. The second-order valence-corrected chi connectivity index (χ2v) is 4.93. The van der Waals surface area contributed by atoms with Gasteiger partial charge in [-0.15, -0.1) is 0 Å². The van der Waals surface area contributed by atoms with Gasteiger partial charge >= 0.3 is 0 Å². The highest BCUT2D eigenvalue weighted by Gasteiger charge is 2.16. The number of hydrogen-bond acceptors (Lipinski definition) is 5. The molecular weight excluding hydrogens is 264 g/mol. The molecule has 0 radical (unpaired) electrons. The molecule has 1 fully saturated rings. The van der Waals surface area contributed by atoms with Crippen molar-refractivity contribution in [3.8, 4) is 5.75 Å². The zero-order valence-corrected chi connectivity index (χ0v) is 11.8. The molecule has 0 spiro atoms. The zero-order chi connectivity index (χ0) is 14.5. The van der Waals surface area contributed by atoms with E-state index in [0.29, 0.717) is 0 Å². The SMILES string of the molecule is Oc1ccccc1/C=N/N1CCN(c2ccccn2)CC1. The molecule has 0 aliphatic carbocycles. The summed E-state index contributed by atoms with van der Waals surface area (Å²) in [5.74, 6) is 1.27. The Morgan fingerprint density at radius 1 is 1.00 bits per heavy atom. The van der Waals surface area contributed by atoms with Crippen molar-refractivity contribution >= 4 is 12.0 Å². The molecule has 5 heteroatoms. The molecule has 2 aromatic rings. The van der Waals surface area contributed by atoms with Gasteiger partial charge in [0.1, 0.15) is 11.6 Å². The van der Waals surface area contributed by atoms with Crippen molar-refractivity contribution in [2.75, 3.05) is 31.1 Å². The summed E-state index contributed by atoms with van der Waals surface area (Å²) in [6.45, 7) is 3.49. The van der Waals surface area contributed by atoms with Gasteiger partial charge in [-0.1, -0.05) is 18.2 Å². The summed E-state index contributed by atoms with van der Waals surface area (Å²) in [4.78, 5) is 6.62. The smallest absolute Gasteiger partial charge is 0.128 e. The molecule has 108 valence electrons. The minimum atomic E-state index is 0.258. The Labute approximate surface area is 124 Å². The van der Waals surface area contributed by atoms with E-state index in [1.54, 1.807) is 18.3 Å². The average molecular weight is 282 g/mol. The van der Waals surface area contributed by atoms with E-state index in [1.807, 2.05) is 41.5 Å². The standard InChI is InChI=1S/C16H18N4O/c21-15-6-2-1-5-14(15)13-18-20-11-9-19(10-12-20)16-7-3-4-8-17-16/h1-8,13,21H,9-12H2/b18-13+. The Bertz CT molecular complexity index is 607. The van der Waals surface area contributed by atoms with Crippen LogP contribution in [-0.2, 0) is 0 Å². The molecule has 5 nitrogen and oxygen atoms in total. The van der Waals surface area contributed by atoms with Crippen LogP contribution in [0.3, 0.4) is 0 Å². The highest BCUT2D eigenvalue weighted by molar-refractivity contribution is 5.82. The summed E-state index contributed by atoms with van der Waals surface area (Å²) in [6, 6.07) is 13.2. The summed E-state index contributed by atoms with van der Waals surface area (Å²) in [6.07, 6.45) is 3.53. The first-order chi connectivity index (χ1) is 10.3. The van der Waals surface area contributed by atoms with Gasteiger partial charge in [-0.3, -0.25) is 5.01 Å². The first-order valence-corrected chi connectivity index (χ1v) is 7.06. The largest absolute Gasteiger partial charge is 0.507 e. The highest BCUT2D eigenvalue weighted by Crippen LogP contribution is 2.15. The van der Waals surface area contributed by atoms with E-state index >= 15 is 0 Å². The number of piperazine rings is 1. The van der Waals surface area contributed by atoms with Gasteiger partial charge in [0.15, 0.2) is 0 Å². The number of pyridine rings is 1. The predicted octanol–water partition coefficient (Wildman–Crippen LogP) is 1.94. The van der Waals surface area contributed by atoms with E-state index in [4.69, 9.17) is 0 Å². The molecule has 1 aromatic carbocycles. The van der Waals surface area contributed by atoms with Crippen LogP contribution in [-0.4, -0.2) is 47.5 Å². The fourth-order valence-electron chi connectivity index (χ4n) is 2.32. The average Bonchev–Trinajstić information content (AvgIpc) is 2.55. The highest BCUT2D eigenvalue weighted by atomic mass is 16.3. The number of hydrogen-bond donors (Lipinski definition) is 1. The maximum absolute atomic E-state index is 9.70. The number of para-hydroxylation sites is 1. The number of phenols is 1. The van der Waals surface area contributed by atoms with Crippen molar-refractivity contribution < 1.29 is 5.11 Å². The fourth-order valence-corrected chi connectivity index (χ4v) is 2.32. The third kappa shape index (κ3) is 3.31. The molecule has 21 heavy (non-hydrogen) atoms. The molecule has 2 heterocycles. The van der Waals surface area contributed by atoms with Crippen LogP contribution in [0.1, 0.15) is 5.56 Å². The molecule has 0 unspecified atom stereocenters. The lowest BCUT2D eigenvalue weighted by molar-refractivity contribution is 0.271. The molecule has 1 N–H and O–H groups in total. The van der Waals surface area contributed by atoms with Gasteiger partial charge in [0.25, 0.3) is 0 Å². The minimum absolute atomic E-state index is 0.258. The Balaban J connectivity index is 1.58. The van der Waals surface area contributed by atoms with Gasteiger partial charge in [0.2, 0.25) is 0 Å². The van der Waals surface area contributed by atoms with Gasteiger partial charge in [0.05, 0.1) is 19.3 Å². The van der Waals surface area contributed by atoms with E-state index in [2.05, 4.69) is 15.0 Å². The van der Waals surface area contributed by atoms with Crippen molar-refractivity contribution in [3.63, 3.8) is 0 Å². The summed E-state index contributed by atoms with van der Waals surface area (Å²) < 4.78 is 0. The number of aromatic nitrogens is 1. The van der Waals surface area contributed by atoms with Gasteiger partial charge < -0.3 is 10.0 Å². The maximum Gasteiger partial charge on any atom is 0.128 e. The molecule has 0 bridgehead atoms. The number of hydrazone groups is 1. The van der Waals surface area contributed by atoms with Crippen LogP contribution < -0.4 is 4.90 Å². The normalized spacial score (nSPS) is 15.6. The van der Waals surface area contributed by atoms with Gasteiger partial charge in [-0.05, 0) is 24.3 Å². The number of nitrogens with zero attached hydrogens (tertiary/aromatic N) is 4. The van der Waals surface area contributed by atoms with Gasteiger partial charge in [-0.2, -0.15) is 5.10 Å². The van der Waals surface area contributed by atoms with Crippen LogP contribution in [0.15, 0.2) is 53.8 Å². The van der Waals surface area contributed by atoms with Crippen LogP contribution >= 0.6 is 0 Å². The van der Waals surface area contributed by atoms with Crippen LogP contribution in [0.5, 0.6) is 5.75 Å². The molecule has 3 rings (SSSR count). The van der Waals surface area contributed by atoms with Crippen LogP contribution in [0.25, 0.3) is 0 Å². The van der Waals surface area contributed by atoms with E-state index in [0.717, 1.165) is 37.6 Å². The number of phenolic OH excluding ortho intramolecular Hbond substituents is 1. The summed E-state index contributed by atoms with van der Waals surface area (Å²) >= 11 is 0. The van der Waals surface area contributed by atoms with Crippen molar-refractivity contribution in [3.05, 3.63) is 54.2 Å². The fraction of sp³-hybridized carbons (Fsp3) is 0.250. The van der Waals surface area contributed by atoms with Crippen LogP contribution in [0.2, 0.25) is 0 Å². The lowest BCUT2D eigenvalue weighted by Crippen LogP contribution is -2.44. The summed E-state index contributed by atoms with van der Waals surface area (Å²) in [5, 5.41) is 16.2. The van der Waals surface area contributed by atoms with Gasteiger partial charge in [-0.25, -0.2) is 4.98 Å². The Morgan fingerprint density at radius 3 is 2.48 bits per heavy atom. The number of anilines is 1. The van der Waals surface area contributed by atoms with Crippen molar-refractivity contribution in [2.45, 2.75) is 0 Å². The van der Waals surface area contributed by atoms with E-state index < -0.39 is 0 Å². The van der Waals surface area contributed by atoms with Crippen LogP contribution in [0.4, 0.5) is 5.82 Å². The molecule has 1 aliphatic heterocycles. The Kier molecular flexibility index (Phi) is 4.00. The van der Waals surface area contributed by atoms with E-state index in [1.165, 1.54) is 0 Å². The molecule has 0 atom stereocenters. The molecular formula is C16H18N4O. The Morgan fingerprint density at radius 2 is 1.76 bits per heavy atom. The van der Waals surface area contributed by atoms with Crippen molar-refractivity contribution in [1.29, 1.82) is 0 Å². The minimum Gasteiger partial charge on any atom is -0.507 e. The number of benzene rings is 1. The third-order valence-electron chi connectivity index (χ3n) is 3.53. The lowest BCUT2D eigenvalue weighted by Gasteiger charge is -2.33. The molecule has 1 aliphatic rings. The Hall–Kier alpha value is -2.56. The second kappa shape index (κ2) is 6.26. The van der Waals surface area contributed by atoms with Crippen molar-refractivity contribution in [2.24, 2.45) is 5.10 Å². The van der Waals surface area contributed by atoms with Crippen LogP contribution in [0, 0.1) is 0 Å². The first kappa shape index (κ1) is 13.4. The zero-order valence-electron chi connectivity index (χ0n) is 11.8. The quantitative estimate of drug-likeness (QED) is 0.874. The maximum atomic E-state index is 9.70. The summed E-state index contributed by atoms with van der Waals surface area (Å²) in [7, 11) is 0. The van der Waals surface area contributed by atoms with Crippen molar-refractivity contribution in [1.82, 2.24) is 9.99 Å². The summed E-state index contributed by atoms with van der Waals surface area (Å²) in [5.41, 5.74) is 0.740. The third-order valence-corrected chi connectivity index (χ3v) is 3.53.